The van der Waals surface area contributed by atoms with Gasteiger partial charge in [0.2, 0.25) is 70.9 Å². The van der Waals surface area contributed by atoms with E-state index in [0.717, 1.165) is 51.7 Å². The van der Waals surface area contributed by atoms with Crippen LogP contribution in [0.5, 0.6) is 0 Å². The van der Waals surface area contributed by atoms with E-state index in [2.05, 4.69) is 16.0 Å². The van der Waals surface area contributed by atoms with E-state index in [-0.39, 0.29) is 76.3 Å². The lowest BCUT2D eigenvalue weighted by Gasteiger charge is -2.46. The van der Waals surface area contributed by atoms with Crippen molar-refractivity contribution < 1.29 is 79.5 Å². The first kappa shape index (κ1) is 80.3. The minimum atomic E-state index is -5.16. The van der Waals surface area contributed by atoms with Gasteiger partial charge in [0.15, 0.2) is 0 Å². The van der Waals surface area contributed by atoms with Crippen molar-refractivity contribution in [2.24, 2.45) is 35.5 Å². The first-order valence-electron chi connectivity index (χ1n) is 36.4. The number of alkyl halides is 5. The molecule has 29 heteroatoms. The molecule has 24 nitrogen and oxygen atoms in total. The fourth-order valence-electron chi connectivity index (χ4n) is 16.3. The summed E-state index contributed by atoms with van der Waals surface area (Å²) in [6.45, 7) is 5.75. The number of carbonyl (C=O) groups excluding carboxylic acids is 12. The molecule has 0 aromatic carbocycles. The lowest BCUT2D eigenvalue weighted by molar-refractivity contribution is -0.219. The molecule has 100 heavy (non-hydrogen) atoms. The van der Waals surface area contributed by atoms with Gasteiger partial charge in [-0.3, -0.25) is 57.5 Å². The number of hydrogen-bond donors (Lipinski definition) is 3. The third-order valence-corrected chi connectivity index (χ3v) is 22.9. The molecule has 7 rings (SSSR count). The van der Waals surface area contributed by atoms with Crippen molar-refractivity contribution in [1.82, 2.24) is 60.0 Å². The highest BCUT2D eigenvalue weighted by Crippen LogP contribution is 2.45. The second-order valence-electron chi connectivity index (χ2n) is 30.2. The molecule has 6 fully saturated rings. The van der Waals surface area contributed by atoms with E-state index in [4.69, 9.17) is 0 Å². The van der Waals surface area contributed by atoms with Gasteiger partial charge in [0.25, 0.3) is 0 Å². The Balaban J connectivity index is 1.28. The molecule has 4 saturated carbocycles. The van der Waals surface area contributed by atoms with Gasteiger partial charge in [-0.25, -0.2) is 8.78 Å². The SMILES string of the molecule is CC[C@H](C)[C@@H]1NC(=O)[C@H](CC)N(C)C(=O)C[C@@H](C(=O)N(C)C)N(C)C(=O)[C@H](C2CCCC2)N(C)C(=O)C2(CCC2)NC(=O)[C@@H]2C[C@H](C)CN2C(=O)[C@H](CCC2CC(F)C(C(F)(F)F)C(F)C2)NC(=O)CN(C)C(=O)[C@H](CC2CCCCC2)N2CC/C=C\C[C@@H](C2=O)N(C)C(=O)CN(C)C1=O. The molecular weight excluding hydrogens is 1310 g/mol. The number of nitrogens with zero attached hydrogens (tertiary/aromatic N) is 9. The highest BCUT2D eigenvalue weighted by Gasteiger charge is 2.56. The minimum absolute atomic E-state index is 0.0205. The van der Waals surface area contributed by atoms with Crippen LogP contribution in [0.15, 0.2) is 12.2 Å². The zero-order chi connectivity index (χ0) is 74.0. The second kappa shape index (κ2) is 34.8. The van der Waals surface area contributed by atoms with Gasteiger partial charge in [-0.05, 0) is 119 Å². The highest BCUT2D eigenvalue weighted by molar-refractivity contribution is 6.01. The summed E-state index contributed by atoms with van der Waals surface area (Å²) >= 11 is 0. The van der Waals surface area contributed by atoms with Crippen molar-refractivity contribution in [3.63, 3.8) is 0 Å². The Morgan fingerprint density at radius 3 is 1.85 bits per heavy atom. The molecule has 3 aliphatic heterocycles. The standard InChI is InChI=1S/C71H111F5N12O12/c1-13-43(4)59-67(98)82(8)41-57(91)84(10)51-28-19-16-22-33-87(66(51)97)54(37-44-24-17-15-18-25-44)65(96)81(7)40-55(89)77-49(30-29-45-35-47(72)58(48(73)36-45)71(74,75)76)63(94)88-39-42(3)34-52(88)62(93)79-70(31-23-32-70)69(100)86(12)60(46-26-20-21-27-46)68(99)85(11)53(64(95)80(5)6)38-56(90)83(9)50(14-2)61(92)78-59/h16,19,42-54,58-60H,13-15,17-18,20-41H2,1-12H3,(H,77,89)(H,78,92)(H,79,93)/b19-16-/t42-,43-,45?,47?,48?,49-,50-,51-,52-,53-,54-,58?,59-,60-/m0/s1. The molecule has 562 valence electrons. The quantitative estimate of drug-likeness (QED) is 0.189. The molecule has 4 aliphatic carbocycles. The molecule has 0 aromatic rings. The van der Waals surface area contributed by atoms with Crippen LogP contribution in [0.2, 0.25) is 0 Å². The van der Waals surface area contributed by atoms with Crippen molar-refractivity contribution in [2.75, 3.05) is 82.6 Å². The number of carbonyl (C=O) groups is 12. The van der Waals surface area contributed by atoms with Crippen LogP contribution in [0.1, 0.15) is 175 Å². The summed E-state index contributed by atoms with van der Waals surface area (Å²) in [5.74, 6) is -13.4. The van der Waals surface area contributed by atoms with Crippen LogP contribution >= 0.6 is 0 Å². The Morgan fingerprint density at radius 2 is 1.27 bits per heavy atom. The van der Waals surface area contributed by atoms with Gasteiger partial charge in [0.05, 0.1) is 19.5 Å². The van der Waals surface area contributed by atoms with Crippen LogP contribution in [0.3, 0.4) is 0 Å². The predicted octanol–water partition coefficient (Wildman–Crippen LogP) is 5.16. The molecule has 3 N–H and O–H groups in total. The Kier molecular flexibility index (Phi) is 28.0. The molecule has 2 saturated heterocycles. The monoisotopic (exact) mass is 1420 g/mol. The number of nitrogens with one attached hydrogen (secondary N) is 3. The molecule has 0 radical (unpaired) electrons. The second-order valence-corrected chi connectivity index (χ2v) is 30.2. The lowest BCUT2D eigenvalue weighted by atomic mass is 9.74. The molecule has 7 aliphatic rings. The first-order valence-corrected chi connectivity index (χ1v) is 36.4. The van der Waals surface area contributed by atoms with Crippen molar-refractivity contribution in [3.8, 4) is 0 Å². The summed E-state index contributed by atoms with van der Waals surface area (Å²) in [4.78, 5) is 190. The molecule has 12 atom stereocenters. The van der Waals surface area contributed by atoms with Crippen molar-refractivity contribution in [2.45, 2.75) is 248 Å². The average Bonchev–Trinajstić information content (AvgIpc) is 1.17. The van der Waals surface area contributed by atoms with E-state index in [1.165, 1.54) is 80.9 Å². The smallest absolute Gasteiger partial charge is 0.347 e. The van der Waals surface area contributed by atoms with E-state index in [0.29, 0.717) is 44.9 Å². The molecule has 1 spiro atoms. The third-order valence-electron chi connectivity index (χ3n) is 22.9. The lowest BCUT2D eigenvalue weighted by Crippen LogP contribution is -2.68. The average molecular weight is 1420 g/mol. The Morgan fingerprint density at radius 1 is 0.650 bits per heavy atom. The van der Waals surface area contributed by atoms with E-state index in [1.54, 1.807) is 26.8 Å². The molecule has 2 bridgehead atoms. The molecular formula is C71H111F5N12O12. The summed E-state index contributed by atoms with van der Waals surface area (Å²) in [6, 6.07) is -10.3. The maximum absolute atomic E-state index is 15.4. The Labute approximate surface area is 586 Å². The van der Waals surface area contributed by atoms with Crippen LogP contribution in [-0.2, 0) is 57.5 Å². The van der Waals surface area contributed by atoms with Gasteiger partial charge in [-0.1, -0.05) is 91.2 Å². The van der Waals surface area contributed by atoms with Crippen molar-refractivity contribution in [3.05, 3.63) is 12.2 Å². The zero-order valence-electron chi connectivity index (χ0n) is 60.8. The van der Waals surface area contributed by atoms with Crippen molar-refractivity contribution >= 4 is 70.9 Å². The Hall–Kier alpha value is -6.97. The number of rotatable bonds is 10. The number of hydrogen-bond acceptors (Lipinski definition) is 12. The van der Waals surface area contributed by atoms with Crippen LogP contribution in [-0.4, -0.2) is 270 Å². The third kappa shape index (κ3) is 18.8. The summed E-state index contributed by atoms with van der Waals surface area (Å²) < 4.78 is 72.4. The summed E-state index contributed by atoms with van der Waals surface area (Å²) in [6.07, 6.45) is -0.837. The van der Waals surface area contributed by atoms with E-state index >= 15 is 37.5 Å². The summed E-state index contributed by atoms with van der Waals surface area (Å²) in [5, 5.41) is 8.54. The van der Waals surface area contributed by atoms with Crippen LogP contribution < -0.4 is 16.0 Å². The minimum Gasteiger partial charge on any atom is -0.347 e. The van der Waals surface area contributed by atoms with Gasteiger partial charge in [0.1, 0.15) is 72.1 Å². The van der Waals surface area contributed by atoms with Crippen LogP contribution in [0, 0.1) is 35.5 Å². The number of likely N-dealkylation sites (N-methyl/N-ethyl adjacent to an activating group) is 7. The van der Waals surface area contributed by atoms with Crippen LogP contribution in [0.4, 0.5) is 22.0 Å². The first-order chi connectivity index (χ1) is 47.1. The number of halogens is 5. The summed E-state index contributed by atoms with van der Waals surface area (Å²) in [7, 11) is 11.3. The zero-order valence-corrected chi connectivity index (χ0v) is 60.8. The topological polar surface area (TPSA) is 270 Å². The molecule has 12 amide bonds. The number of amides is 12. The maximum atomic E-state index is 15.4. The summed E-state index contributed by atoms with van der Waals surface area (Å²) in [5.41, 5.74) is -1.59. The fourth-order valence-corrected chi connectivity index (χ4v) is 16.3. The van der Waals surface area contributed by atoms with Crippen LogP contribution in [0.25, 0.3) is 0 Å². The highest BCUT2D eigenvalue weighted by atomic mass is 19.4. The van der Waals surface area contributed by atoms with E-state index in [1.807, 2.05) is 13.0 Å². The van der Waals surface area contributed by atoms with E-state index < -0.39 is 199 Å². The predicted molar refractivity (Wildman–Crippen MR) is 361 cm³/mol. The molecule has 2 unspecified atom stereocenters. The normalized spacial score (nSPS) is 32.0. The molecule has 3 heterocycles. The van der Waals surface area contributed by atoms with Gasteiger partial charge < -0.3 is 60.0 Å². The largest absolute Gasteiger partial charge is 0.397 e. The molecule has 0 aromatic heterocycles. The number of fused-ring (bicyclic) bond motifs is 3. The maximum Gasteiger partial charge on any atom is 0.397 e. The fraction of sp³-hybridized carbons (Fsp3) is 0.803. The van der Waals surface area contributed by atoms with Gasteiger partial charge >= 0.3 is 6.18 Å². The van der Waals surface area contributed by atoms with Gasteiger partial charge in [-0.15, -0.1) is 0 Å². The van der Waals surface area contributed by atoms with Crippen molar-refractivity contribution in [1.29, 1.82) is 0 Å². The Bertz CT molecular complexity index is 2990. The van der Waals surface area contributed by atoms with E-state index in [9.17, 15) is 41.9 Å². The van der Waals surface area contributed by atoms with Gasteiger partial charge in [0, 0.05) is 69.5 Å². The van der Waals surface area contributed by atoms with Gasteiger partial charge in [-0.2, -0.15) is 13.2 Å².